The molecule has 3 aliphatic rings. The fraction of sp³-hybridized carbons (Fsp3) is 0.867. The van der Waals surface area contributed by atoms with Crippen LogP contribution in [0.3, 0.4) is 0 Å². The van der Waals surface area contributed by atoms with Crippen LogP contribution in [0.2, 0.25) is 0 Å². The van der Waals surface area contributed by atoms with E-state index in [1.165, 1.54) is 25.7 Å². The Labute approximate surface area is 94.1 Å². The first-order valence-corrected chi connectivity index (χ1v) is 6.65. The molecule has 2 fully saturated rings. The molecule has 0 aromatic carbocycles. The third-order valence-corrected chi connectivity index (χ3v) is 6.30. The van der Waals surface area contributed by atoms with Crippen LogP contribution in [0.1, 0.15) is 53.4 Å². The Morgan fingerprint density at radius 3 is 2.73 bits per heavy atom. The van der Waals surface area contributed by atoms with Gasteiger partial charge in [-0.2, -0.15) is 0 Å². The molecular weight excluding hydrogens is 180 g/mol. The summed E-state index contributed by atoms with van der Waals surface area (Å²) in [6.45, 7) is 9.94. The lowest BCUT2D eigenvalue weighted by Gasteiger charge is -2.36. The first-order chi connectivity index (χ1) is 6.98. The first kappa shape index (κ1) is 9.93. The van der Waals surface area contributed by atoms with Crippen LogP contribution in [0, 0.1) is 28.6 Å². The van der Waals surface area contributed by atoms with Gasteiger partial charge >= 0.3 is 0 Å². The minimum absolute atomic E-state index is 0.571. The van der Waals surface area contributed by atoms with Gasteiger partial charge in [0.2, 0.25) is 0 Å². The molecule has 3 aliphatic carbocycles. The van der Waals surface area contributed by atoms with Gasteiger partial charge in [0.15, 0.2) is 0 Å². The molecule has 0 N–H and O–H groups in total. The lowest BCUT2D eigenvalue weighted by molar-refractivity contribution is 0.128. The van der Waals surface area contributed by atoms with Crippen molar-refractivity contribution in [1.29, 1.82) is 0 Å². The van der Waals surface area contributed by atoms with E-state index in [-0.39, 0.29) is 0 Å². The van der Waals surface area contributed by atoms with E-state index in [4.69, 9.17) is 0 Å². The minimum atomic E-state index is 0.571. The molecule has 0 heteroatoms. The molecule has 84 valence electrons. The summed E-state index contributed by atoms with van der Waals surface area (Å²) in [6.07, 6.45) is 8.41. The zero-order valence-electron chi connectivity index (χ0n) is 10.6. The summed E-state index contributed by atoms with van der Waals surface area (Å²) in [5.41, 5.74) is 2.96. The summed E-state index contributed by atoms with van der Waals surface area (Å²) < 4.78 is 0. The van der Waals surface area contributed by atoms with Gasteiger partial charge in [0.25, 0.3) is 0 Å². The van der Waals surface area contributed by atoms with Gasteiger partial charge in [0.05, 0.1) is 0 Å². The molecule has 3 rings (SSSR count). The van der Waals surface area contributed by atoms with Gasteiger partial charge < -0.3 is 0 Å². The van der Waals surface area contributed by atoms with Crippen molar-refractivity contribution in [2.75, 3.05) is 0 Å². The fourth-order valence-electron chi connectivity index (χ4n) is 5.35. The van der Waals surface area contributed by atoms with Gasteiger partial charge in [-0.1, -0.05) is 32.4 Å². The average Bonchev–Trinajstić information content (AvgIpc) is 2.57. The molecule has 0 saturated heterocycles. The van der Waals surface area contributed by atoms with Crippen molar-refractivity contribution in [2.24, 2.45) is 28.6 Å². The highest BCUT2D eigenvalue weighted by Gasteiger charge is 2.62. The molecule has 1 spiro atoms. The van der Waals surface area contributed by atoms with Crippen LogP contribution in [0.15, 0.2) is 11.6 Å². The lowest BCUT2D eigenvalue weighted by Crippen LogP contribution is -2.30. The van der Waals surface area contributed by atoms with E-state index in [1.54, 1.807) is 5.57 Å². The molecule has 4 atom stereocenters. The van der Waals surface area contributed by atoms with Crippen molar-refractivity contribution in [3.63, 3.8) is 0 Å². The number of rotatable bonds is 0. The number of fused-ring (bicyclic) bond motifs is 1. The highest BCUT2D eigenvalue weighted by molar-refractivity contribution is 5.25. The third-order valence-electron chi connectivity index (χ3n) is 6.30. The second-order valence-electron chi connectivity index (χ2n) is 6.99. The summed E-state index contributed by atoms with van der Waals surface area (Å²) in [6, 6.07) is 0. The smallest absolute Gasteiger partial charge is 0.0146 e. The monoisotopic (exact) mass is 204 g/mol. The van der Waals surface area contributed by atoms with Gasteiger partial charge in [-0.25, -0.2) is 0 Å². The average molecular weight is 204 g/mol. The van der Waals surface area contributed by atoms with Crippen molar-refractivity contribution in [3.8, 4) is 0 Å². The molecule has 0 nitrogen and oxygen atoms in total. The van der Waals surface area contributed by atoms with E-state index >= 15 is 0 Å². The molecule has 15 heavy (non-hydrogen) atoms. The minimum Gasteiger partial charge on any atom is -0.0847 e. The molecule has 0 aromatic rings. The van der Waals surface area contributed by atoms with Crippen LogP contribution < -0.4 is 0 Å². The van der Waals surface area contributed by atoms with Crippen LogP contribution in [0.25, 0.3) is 0 Å². The molecule has 0 amide bonds. The fourth-order valence-corrected chi connectivity index (χ4v) is 5.35. The van der Waals surface area contributed by atoms with Crippen molar-refractivity contribution in [2.45, 2.75) is 53.4 Å². The Morgan fingerprint density at radius 1 is 1.27 bits per heavy atom. The van der Waals surface area contributed by atoms with E-state index < -0.39 is 0 Å². The molecular formula is C15H24. The summed E-state index contributed by atoms with van der Waals surface area (Å²) >= 11 is 0. The van der Waals surface area contributed by atoms with E-state index in [0.29, 0.717) is 10.8 Å². The maximum absolute atomic E-state index is 2.57. The maximum atomic E-state index is 2.57. The Morgan fingerprint density at radius 2 is 2.00 bits per heavy atom. The van der Waals surface area contributed by atoms with E-state index in [9.17, 15) is 0 Å². The Bertz CT molecular complexity index is 323. The van der Waals surface area contributed by atoms with Crippen LogP contribution in [0.4, 0.5) is 0 Å². The van der Waals surface area contributed by atoms with Crippen molar-refractivity contribution in [3.05, 3.63) is 11.6 Å². The van der Waals surface area contributed by atoms with Crippen molar-refractivity contribution in [1.82, 2.24) is 0 Å². The lowest BCUT2D eigenvalue weighted by atomic mass is 9.68. The molecule has 2 bridgehead atoms. The predicted octanol–water partition coefficient (Wildman–Crippen LogP) is 4.42. The maximum Gasteiger partial charge on any atom is -0.0146 e. The van der Waals surface area contributed by atoms with E-state index in [1.807, 2.05) is 0 Å². The van der Waals surface area contributed by atoms with Gasteiger partial charge in [-0.3, -0.25) is 0 Å². The molecule has 0 aliphatic heterocycles. The molecule has 0 heterocycles. The standard InChI is InChI=1S/C15H24/c1-10-7-8-15-9-12(10)14(3,4)13(15)6-5-11(15)2/h7,11-13H,5-6,8-9H2,1-4H3/t11-,12+,13+,15-/m1/s1. The first-order valence-electron chi connectivity index (χ1n) is 6.65. The van der Waals surface area contributed by atoms with E-state index in [0.717, 1.165) is 17.8 Å². The van der Waals surface area contributed by atoms with Gasteiger partial charge in [0.1, 0.15) is 0 Å². The van der Waals surface area contributed by atoms with Crippen LogP contribution >= 0.6 is 0 Å². The van der Waals surface area contributed by atoms with Gasteiger partial charge in [0, 0.05) is 0 Å². The summed E-state index contributed by atoms with van der Waals surface area (Å²) in [5.74, 6) is 2.86. The normalized spacial score (nSPS) is 51.5. The highest BCUT2D eigenvalue weighted by Crippen LogP contribution is 2.71. The zero-order chi connectivity index (χ0) is 10.8. The summed E-state index contributed by atoms with van der Waals surface area (Å²) in [7, 11) is 0. The Hall–Kier alpha value is -0.260. The van der Waals surface area contributed by atoms with Crippen LogP contribution in [-0.4, -0.2) is 0 Å². The number of hydrogen-bond acceptors (Lipinski definition) is 0. The second-order valence-corrected chi connectivity index (χ2v) is 6.99. The number of allylic oxidation sites excluding steroid dienone is 2. The third kappa shape index (κ3) is 0.990. The molecule has 2 saturated carbocycles. The molecule has 0 unspecified atom stereocenters. The summed E-state index contributed by atoms with van der Waals surface area (Å²) in [5, 5.41) is 0. The molecule has 0 radical (unpaired) electrons. The Kier molecular flexibility index (Phi) is 1.79. The van der Waals surface area contributed by atoms with Gasteiger partial charge in [-0.15, -0.1) is 0 Å². The largest absolute Gasteiger partial charge is 0.0847 e. The SMILES string of the molecule is CC1=CC[C@]23C[C@@H]1C(C)(C)[C@@H]2CC[C@H]3C. The van der Waals surface area contributed by atoms with E-state index in [2.05, 4.69) is 33.8 Å². The molecule has 0 aromatic heterocycles. The van der Waals surface area contributed by atoms with Gasteiger partial charge in [-0.05, 0) is 61.2 Å². The Balaban J connectivity index is 2.11. The predicted molar refractivity (Wildman–Crippen MR) is 64.6 cm³/mol. The van der Waals surface area contributed by atoms with Crippen molar-refractivity contribution >= 4 is 0 Å². The quantitative estimate of drug-likeness (QED) is 0.513. The van der Waals surface area contributed by atoms with Crippen molar-refractivity contribution < 1.29 is 0 Å². The summed E-state index contributed by atoms with van der Waals surface area (Å²) in [4.78, 5) is 0. The van der Waals surface area contributed by atoms with Crippen LogP contribution in [0.5, 0.6) is 0 Å². The zero-order valence-corrected chi connectivity index (χ0v) is 10.6. The highest BCUT2D eigenvalue weighted by atomic mass is 14.7. The second kappa shape index (κ2) is 2.70. The topological polar surface area (TPSA) is 0 Å². The number of hydrogen-bond donors (Lipinski definition) is 0. The van der Waals surface area contributed by atoms with Crippen LogP contribution in [-0.2, 0) is 0 Å².